The van der Waals surface area contributed by atoms with E-state index in [0.717, 1.165) is 5.56 Å². The van der Waals surface area contributed by atoms with Gasteiger partial charge in [0.05, 0.1) is 11.4 Å². The summed E-state index contributed by atoms with van der Waals surface area (Å²) < 4.78 is 25.9. The lowest BCUT2D eigenvalue weighted by molar-refractivity contribution is -0.132. The molecule has 8 nitrogen and oxygen atoms in total. The monoisotopic (exact) mass is 436 g/mol. The van der Waals surface area contributed by atoms with Gasteiger partial charge >= 0.3 is 0 Å². The first kappa shape index (κ1) is 20.0. The zero-order valence-corrected chi connectivity index (χ0v) is 17.2. The fourth-order valence-corrected chi connectivity index (χ4v) is 3.91. The van der Waals surface area contributed by atoms with Gasteiger partial charge < -0.3 is 19.3 Å². The van der Waals surface area contributed by atoms with E-state index in [1.165, 1.54) is 16.8 Å². The highest BCUT2D eigenvalue weighted by atomic mass is 19.1. The number of ether oxygens (including phenoxy) is 2. The van der Waals surface area contributed by atoms with E-state index in [0.29, 0.717) is 49.1 Å². The van der Waals surface area contributed by atoms with Gasteiger partial charge in [0.25, 0.3) is 5.56 Å². The largest absolute Gasteiger partial charge is 0.454 e. The minimum atomic E-state index is -0.354. The summed E-state index contributed by atoms with van der Waals surface area (Å²) in [6.07, 6.45) is 0. The molecule has 0 bridgehead atoms. The Morgan fingerprint density at radius 2 is 1.75 bits per heavy atom. The van der Waals surface area contributed by atoms with Gasteiger partial charge in [0.2, 0.25) is 12.7 Å². The number of carbonyl (C=O) groups excluding carboxylic acids is 1. The molecule has 3 heterocycles. The highest BCUT2D eigenvalue weighted by Crippen LogP contribution is 2.35. The van der Waals surface area contributed by atoms with E-state index in [4.69, 9.17) is 9.47 Å². The summed E-state index contributed by atoms with van der Waals surface area (Å²) in [6, 6.07) is 15.0. The molecule has 32 heavy (non-hydrogen) atoms. The van der Waals surface area contributed by atoms with Crippen LogP contribution in [0.5, 0.6) is 11.5 Å². The maximum atomic E-state index is 14.0. The number of hydrogen-bond acceptors (Lipinski definition) is 6. The first-order valence-electron chi connectivity index (χ1n) is 10.3. The molecule has 3 aromatic rings. The molecule has 1 fully saturated rings. The highest BCUT2D eigenvalue weighted by molar-refractivity contribution is 5.76. The standard InChI is InChI=1S/C23H21FN4O4/c24-17-3-1-2-4-19(17)26-9-11-27(12-10-26)23(30)14-28-22(29)8-6-18(25-28)16-5-7-20-21(13-16)32-15-31-20/h1-8,13H,9-12,14-15H2. The lowest BCUT2D eigenvalue weighted by Gasteiger charge is -2.36. The Morgan fingerprint density at radius 3 is 2.56 bits per heavy atom. The molecular weight excluding hydrogens is 415 g/mol. The number of benzene rings is 2. The van der Waals surface area contributed by atoms with E-state index in [2.05, 4.69) is 5.10 Å². The first-order valence-corrected chi connectivity index (χ1v) is 10.3. The SMILES string of the molecule is O=C(Cn1nc(-c2ccc3c(c2)OCO3)ccc1=O)N1CCN(c2ccccc2F)CC1. The summed E-state index contributed by atoms with van der Waals surface area (Å²) in [5.41, 5.74) is 1.50. The second kappa shape index (κ2) is 8.33. The third-order valence-electron chi connectivity index (χ3n) is 5.65. The summed E-state index contributed by atoms with van der Waals surface area (Å²) >= 11 is 0. The Balaban J connectivity index is 1.27. The number of aromatic nitrogens is 2. The molecule has 0 atom stereocenters. The van der Waals surface area contributed by atoms with Crippen molar-refractivity contribution in [2.75, 3.05) is 37.9 Å². The van der Waals surface area contributed by atoms with Gasteiger partial charge in [-0.1, -0.05) is 12.1 Å². The number of halogens is 1. The fraction of sp³-hybridized carbons (Fsp3) is 0.261. The summed E-state index contributed by atoms with van der Waals surface area (Å²) in [7, 11) is 0. The number of amides is 1. The number of para-hydroxylation sites is 1. The molecule has 2 aliphatic heterocycles. The van der Waals surface area contributed by atoms with Gasteiger partial charge in [-0.15, -0.1) is 0 Å². The van der Waals surface area contributed by atoms with E-state index >= 15 is 0 Å². The van der Waals surface area contributed by atoms with Gasteiger partial charge in [-0.05, 0) is 36.4 Å². The molecule has 0 saturated carbocycles. The van der Waals surface area contributed by atoms with E-state index in [1.807, 2.05) is 11.0 Å². The van der Waals surface area contributed by atoms with Gasteiger partial charge in [-0.25, -0.2) is 9.07 Å². The zero-order chi connectivity index (χ0) is 22.1. The van der Waals surface area contributed by atoms with E-state index in [9.17, 15) is 14.0 Å². The molecule has 1 saturated heterocycles. The average Bonchev–Trinajstić information content (AvgIpc) is 3.29. The van der Waals surface area contributed by atoms with Crippen molar-refractivity contribution in [1.29, 1.82) is 0 Å². The van der Waals surface area contributed by atoms with Crippen molar-refractivity contribution in [2.45, 2.75) is 6.54 Å². The Hall–Kier alpha value is -3.88. The Kier molecular flexibility index (Phi) is 5.22. The lowest BCUT2D eigenvalue weighted by Crippen LogP contribution is -2.50. The van der Waals surface area contributed by atoms with Crippen LogP contribution in [0.2, 0.25) is 0 Å². The average molecular weight is 436 g/mol. The predicted octanol–water partition coefficient (Wildman–Crippen LogP) is 2.13. The molecule has 0 spiro atoms. The Bertz CT molecular complexity index is 1220. The van der Waals surface area contributed by atoms with Crippen molar-refractivity contribution in [3.8, 4) is 22.8 Å². The van der Waals surface area contributed by atoms with Crippen LogP contribution in [0, 0.1) is 5.82 Å². The number of fused-ring (bicyclic) bond motifs is 1. The van der Waals surface area contributed by atoms with Crippen LogP contribution in [0.1, 0.15) is 0 Å². The van der Waals surface area contributed by atoms with Crippen LogP contribution >= 0.6 is 0 Å². The molecule has 0 N–H and O–H groups in total. The van der Waals surface area contributed by atoms with E-state index in [1.54, 1.807) is 41.3 Å². The molecule has 2 aromatic carbocycles. The van der Waals surface area contributed by atoms with Crippen molar-refractivity contribution in [3.05, 3.63) is 70.8 Å². The maximum Gasteiger partial charge on any atom is 0.267 e. The van der Waals surface area contributed by atoms with Gasteiger partial charge in [-0.2, -0.15) is 5.10 Å². The summed E-state index contributed by atoms with van der Waals surface area (Å²) in [5.74, 6) is 0.802. The van der Waals surface area contributed by atoms with Crippen LogP contribution in [0.25, 0.3) is 11.3 Å². The maximum absolute atomic E-state index is 14.0. The number of rotatable bonds is 4. The van der Waals surface area contributed by atoms with E-state index < -0.39 is 0 Å². The highest BCUT2D eigenvalue weighted by Gasteiger charge is 2.23. The van der Waals surface area contributed by atoms with Gasteiger partial charge in [-0.3, -0.25) is 9.59 Å². The molecule has 5 rings (SSSR count). The van der Waals surface area contributed by atoms with E-state index in [-0.39, 0.29) is 30.6 Å². The van der Waals surface area contributed by atoms with Gasteiger partial charge in [0, 0.05) is 37.8 Å². The number of carbonyl (C=O) groups is 1. The molecular formula is C23H21FN4O4. The van der Waals surface area contributed by atoms with Crippen LogP contribution in [0.4, 0.5) is 10.1 Å². The van der Waals surface area contributed by atoms with Crippen LogP contribution < -0.4 is 19.9 Å². The van der Waals surface area contributed by atoms with Crippen LogP contribution in [-0.4, -0.2) is 53.6 Å². The zero-order valence-electron chi connectivity index (χ0n) is 17.2. The predicted molar refractivity (Wildman–Crippen MR) is 115 cm³/mol. The topological polar surface area (TPSA) is 76.9 Å². The second-order valence-electron chi connectivity index (χ2n) is 7.60. The molecule has 9 heteroatoms. The van der Waals surface area contributed by atoms with Crippen molar-refractivity contribution in [3.63, 3.8) is 0 Å². The molecule has 0 aliphatic carbocycles. The summed E-state index contributed by atoms with van der Waals surface area (Å²) in [5, 5.41) is 4.38. The van der Waals surface area contributed by atoms with Crippen molar-refractivity contribution >= 4 is 11.6 Å². The van der Waals surface area contributed by atoms with Crippen LogP contribution in [-0.2, 0) is 11.3 Å². The van der Waals surface area contributed by atoms with Crippen LogP contribution in [0.3, 0.4) is 0 Å². The van der Waals surface area contributed by atoms with Crippen molar-refractivity contribution in [1.82, 2.24) is 14.7 Å². The quantitative estimate of drug-likeness (QED) is 0.624. The van der Waals surface area contributed by atoms with Crippen molar-refractivity contribution < 1.29 is 18.7 Å². The molecule has 164 valence electrons. The first-order chi connectivity index (χ1) is 15.6. The van der Waals surface area contributed by atoms with Gasteiger partial charge in [0.15, 0.2) is 11.5 Å². The molecule has 2 aliphatic rings. The minimum Gasteiger partial charge on any atom is -0.454 e. The number of anilines is 1. The molecule has 0 radical (unpaired) electrons. The third kappa shape index (κ3) is 3.89. The lowest BCUT2D eigenvalue weighted by atomic mass is 10.1. The fourth-order valence-electron chi connectivity index (χ4n) is 3.91. The second-order valence-corrected chi connectivity index (χ2v) is 7.60. The number of nitrogens with zero attached hydrogens (tertiary/aromatic N) is 4. The van der Waals surface area contributed by atoms with Crippen LogP contribution in [0.15, 0.2) is 59.4 Å². The third-order valence-corrected chi connectivity index (χ3v) is 5.65. The Labute approximate surface area is 183 Å². The molecule has 1 aromatic heterocycles. The smallest absolute Gasteiger partial charge is 0.267 e. The normalized spacial score (nSPS) is 15.2. The minimum absolute atomic E-state index is 0.156. The Morgan fingerprint density at radius 1 is 0.969 bits per heavy atom. The molecule has 0 unspecified atom stereocenters. The molecule has 1 amide bonds. The summed E-state index contributed by atoms with van der Waals surface area (Å²) in [6.45, 7) is 1.95. The van der Waals surface area contributed by atoms with Crippen molar-refractivity contribution in [2.24, 2.45) is 0 Å². The summed E-state index contributed by atoms with van der Waals surface area (Å²) in [4.78, 5) is 28.7. The number of piperazine rings is 1. The number of hydrogen-bond donors (Lipinski definition) is 0. The van der Waals surface area contributed by atoms with Gasteiger partial charge in [0.1, 0.15) is 12.4 Å².